The van der Waals surface area contributed by atoms with Crippen molar-refractivity contribution in [1.82, 2.24) is 0 Å². The van der Waals surface area contributed by atoms with E-state index in [1.54, 1.807) is 26.8 Å². The van der Waals surface area contributed by atoms with Gasteiger partial charge in [-0.2, -0.15) is 0 Å². The lowest BCUT2D eigenvalue weighted by Crippen LogP contribution is -2.69. The van der Waals surface area contributed by atoms with E-state index < -0.39 is 75.4 Å². The minimum atomic E-state index is -2.11. The Morgan fingerprint density at radius 1 is 1.11 bits per heavy atom. The monoisotopic (exact) mass is 635 g/mol. The summed E-state index contributed by atoms with van der Waals surface area (Å²) in [6.07, 6.45) is 6.47. The predicted octanol–water partition coefficient (Wildman–Crippen LogP) is 4.96. The van der Waals surface area contributed by atoms with Gasteiger partial charge in [-0.1, -0.05) is 51.3 Å². The molecule has 0 saturated heterocycles. The molecule has 11 nitrogen and oxygen atoms in total. The second-order valence-corrected chi connectivity index (χ2v) is 13.7. The number of alkyl halides is 1. The van der Waals surface area contributed by atoms with Gasteiger partial charge in [0.2, 0.25) is 5.78 Å². The van der Waals surface area contributed by atoms with Crippen molar-refractivity contribution in [1.29, 1.82) is 0 Å². The van der Waals surface area contributed by atoms with Crippen LogP contribution in [0.15, 0.2) is 23.8 Å². The fourth-order valence-electron chi connectivity index (χ4n) is 8.87. The van der Waals surface area contributed by atoms with Gasteiger partial charge in [0.15, 0.2) is 23.7 Å². The largest absolute Gasteiger partial charge is 0.457 e. The summed E-state index contributed by atoms with van der Waals surface area (Å²) in [5.41, 5.74) is -5.58. The van der Waals surface area contributed by atoms with Crippen molar-refractivity contribution in [3.8, 4) is 0 Å². The van der Waals surface area contributed by atoms with E-state index in [9.17, 15) is 34.4 Å². The number of hydrogen-bond donors (Lipinski definition) is 1. The van der Waals surface area contributed by atoms with Crippen molar-refractivity contribution in [2.75, 3.05) is 13.2 Å². The quantitative estimate of drug-likeness (QED) is 0.0909. The van der Waals surface area contributed by atoms with Gasteiger partial charge in [0.05, 0.1) is 12.7 Å². The molecule has 0 radical (unpaired) electrons. The smallest absolute Gasteiger partial charge is 0.306 e. The Morgan fingerprint density at radius 2 is 1.82 bits per heavy atom. The molecule has 0 bridgehead atoms. The number of Topliss-reactive ketones (excluding diaryl/α,β-unsaturated/α-hetero) is 1. The molecule has 0 aliphatic heterocycles. The van der Waals surface area contributed by atoms with E-state index in [-0.39, 0.29) is 44.5 Å². The summed E-state index contributed by atoms with van der Waals surface area (Å²) in [5, 5.41) is 21.1. The van der Waals surface area contributed by atoms with Crippen LogP contribution in [0.25, 0.3) is 0 Å². The summed E-state index contributed by atoms with van der Waals surface area (Å²) in [7, 11) is 0. The SMILES string of the molecule is CCCCC(=O)O[C@]1(C(=O)COC(=O)CCCCCO[N+](=O)[O-])[C@@H](C)C[C@H]2C3CC=C4CC(=O)C=C[C@]4(C)[C@@]3(F)[C@@H](O)C[C@@]21C. The molecule has 1 N–H and O–H groups in total. The van der Waals surface area contributed by atoms with Crippen LogP contribution in [0.3, 0.4) is 0 Å². The number of carbonyl (C=O) groups is 4. The lowest BCUT2D eigenvalue weighted by molar-refractivity contribution is -0.757. The molecule has 4 rings (SSSR count). The van der Waals surface area contributed by atoms with Crippen molar-refractivity contribution in [2.24, 2.45) is 28.6 Å². The zero-order chi connectivity index (χ0) is 33.2. The average Bonchev–Trinajstić information content (AvgIpc) is 3.19. The fourth-order valence-corrected chi connectivity index (χ4v) is 8.87. The minimum Gasteiger partial charge on any atom is -0.457 e. The fraction of sp³-hybridized carbons (Fsp3) is 0.758. The summed E-state index contributed by atoms with van der Waals surface area (Å²) in [4.78, 5) is 66.7. The second kappa shape index (κ2) is 13.3. The number of rotatable bonds is 14. The Balaban J connectivity index is 1.59. The number of aliphatic hydroxyl groups is 1. The van der Waals surface area contributed by atoms with Crippen molar-refractivity contribution in [3.05, 3.63) is 33.9 Å². The van der Waals surface area contributed by atoms with Crippen molar-refractivity contribution < 1.29 is 48.1 Å². The van der Waals surface area contributed by atoms with Crippen molar-refractivity contribution in [3.63, 3.8) is 0 Å². The molecule has 0 amide bonds. The van der Waals surface area contributed by atoms with E-state index in [2.05, 4.69) is 4.84 Å². The molecule has 0 aromatic heterocycles. The molecule has 250 valence electrons. The predicted molar refractivity (Wildman–Crippen MR) is 159 cm³/mol. The Hall–Kier alpha value is -3.15. The molecular formula is C33H46FNO10. The minimum absolute atomic E-state index is 0.0150. The molecule has 8 atom stereocenters. The Kier molecular flexibility index (Phi) is 10.3. The van der Waals surface area contributed by atoms with Gasteiger partial charge in [0.1, 0.15) is 0 Å². The number of aliphatic hydroxyl groups excluding tert-OH is 1. The number of hydrogen-bond acceptors (Lipinski definition) is 10. The summed E-state index contributed by atoms with van der Waals surface area (Å²) >= 11 is 0. The molecular weight excluding hydrogens is 589 g/mol. The van der Waals surface area contributed by atoms with Gasteiger partial charge in [0, 0.05) is 41.9 Å². The number of allylic oxidation sites excluding steroid dienone is 4. The lowest BCUT2D eigenvalue weighted by Gasteiger charge is -2.62. The van der Waals surface area contributed by atoms with Gasteiger partial charge in [-0.15, -0.1) is 10.1 Å². The maximum atomic E-state index is 17.6. The number of unbranched alkanes of at least 4 members (excludes halogenated alkanes) is 3. The Labute approximate surface area is 263 Å². The highest BCUT2D eigenvalue weighted by atomic mass is 19.1. The number of ether oxygens (including phenoxy) is 2. The third kappa shape index (κ3) is 5.94. The third-order valence-electron chi connectivity index (χ3n) is 11.2. The van der Waals surface area contributed by atoms with Gasteiger partial charge in [0.25, 0.3) is 5.09 Å². The molecule has 0 heterocycles. The first-order chi connectivity index (χ1) is 21.2. The van der Waals surface area contributed by atoms with Crippen molar-refractivity contribution >= 4 is 23.5 Å². The number of fused-ring (bicyclic) bond motifs is 5. The highest BCUT2D eigenvalue weighted by molar-refractivity contribution is 5.94. The van der Waals surface area contributed by atoms with E-state index in [4.69, 9.17) is 9.47 Å². The zero-order valence-electron chi connectivity index (χ0n) is 26.7. The maximum absolute atomic E-state index is 17.6. The first kappa shape index (κ1) is 34.7. The maximum Gasteiger partial charge on any atom is 0.306 e. The zero-order valence-corrected chi connectivity index (χ0v) is 26.7. The number of ketones is 2. The normalized spacial score (nSPS) is 36.7. The third-order valence-corrected chi connectivity index (χ3v) is 11.2. The van der Waals surface area contributed by atoms with Gasteiger partial charge in [-0.05, 0) is 57.4 Å². The highest BCUT2D eigenvalue weighted by Crippen LogP contribution is 2.71. The lowest BCUT2D eigenvalue weighted by atomic mass is 9.45. The molecule has 2 fully saturated rings. The van der Waals surface area contributed by atoms with E-state index in [0.717, 1.165) is 6.42 Å². The van der Waals surface area contributed by atoms with Crippen LogP contribution in [0.1, 0.15) is 98.3 Å². The summed E-state index contributed by atoms with van der Waals surface area (Å²) in [6, 6.07) is 0. The topological polar surface area (TPSA) is 159 Å². The molecule has 0 aromatic rings. The molecule has 45 heavy (non-hydrogen) atoms. The molecule has 0 aromatic carbocycles. The van der Waals surface area contributed by atoms with Crippen LogP contribution < -0.4 is 0 Å². The number of nitrogens with zero attached hydrogens (tertiary/aromatic N) is 1. The standard InChI is InChI=1S/C33H46FNO10/c1-5-6-10-29(40)45-33(27(38)20-43-28(39)11-8-7-9-16-44-35(41)42)21(2)17-25-24-13-12-22-18-23(36)14-15-30(22,3)32(24,34)26(37)19-31(25,33)4/h12,14-15,21,24-26,37H,5-11,13,16-20H2,1-4H3/t21-,24?,25-,26-,30-,31-,32-,33-/m0/s1. The van der Waals surface area contributed by atoms with Crippen LogP contribution in [-0.2, 0) is 33.5 Å². The van der Waals surface area contributed by atoms with Crippen LogP contribution in [-0.4, -0.2) is 64.3 Å². The van der Waals surface area contributed by atoms with Crippen molar-refractivity contribution in [2.45, 2.75) is 116 Å². The number of halogens is 1. The Morgan fingerprint density at radius 3 is 2.51 bits per heavy atom. The molecule has 12 heteroatoms. The highest BCUT2D eigenvalue weighted by Gasteiger charge is 2.77. The molecule has 0 spiro atoms. The summed E-state index contributed by atoms with van der Waals surface area (Å²) in [6.45, 7) is 6.49. The number of carbonyl (C=O) groups excluding carboxylic acids is 4. The van der Waals surface area contributed by atoms with Gasteiger partial charge in [-0.3, -0.25) is 19.2 Å². The molecule has 4 aliphatic rings. The first-order valence-electron chi connectivity index (χ1n) is 16.1. The van der Waals surface area contributed by atoms with Gasteiger partial charge in [-0.25, -0.2) is 4.39 Å². The molecule has 2 saturated carbocycles. The molecule has 4 aliphatic carbocycles. The molecule has 1 unspecified atom stereocenters. The average molecular weight is 636 g/mol. The first-order valence-corrected chi connectivity index (χ1v) is 16.1. The summed E-state index contributed by atoms with van der Waals surface area (Å²) < 4.78 is 29.1. The van der Waals surface area contributed by atoms with E-state index >= 15 is 4.39 Å². The number of esters is 2. The van der Waals surface area contributed by atoms with Crippen LogP contribution >= 0.6 is 0 Å². The van der Waals surface area contributed by atoms with Crippen LogP contribution in [0, 0.1) is 38.7 Å². The van der Waals surface area contributed by atoms with E-state index in [1.807, 2.05) is 13.0 Å². The summed E-state index contributed by atoms with van der Waals surface area (Å²) in [5.74, 6) is -3.65. The van der Waals surface area contributed by atoms with Gasteiger partial charge >= 0.3 is 11.9 Å². The van der Waals surface area contributed by atoms with Crippen LogP contribution in [0.5, 0.6) is 0 Å². The van der Waals surface area contributed by atoms with Crippen LogP contribution in [0.2, 0.25) is 0 Å². The van der Waals surface area contributed by atoms with E-state index in [0.29, 0.717) is 37.7 Å². The van der Waals surface area contributed by atoms with E-state index in [1.165, 1.54) is 6.08 Å². The second-order valence-electron chi connectivity index (χ2n) is 13.7. The van der Waals surface area contributed by atoms with Gasteiger partial charge < -0.3 is 19.4 Å². The Bertz CT molecular complexity index is 1270. The van der Waals surface area contributed by atoms with Crippen LogP contribution in [0.4, 0.5) is 4.39 Å².